The van der Waals surface area contributed by atoms with Crippen molar-refractivity contribution in [1.29, 1.82) is 0 Å². The minimum Gasteiger partial charge on any atom is -0.351 e. The molecule has 0 fully saturated rings. The first-order valence-corrected chi connectivity index (χ1v) is 9.74. The molecule has 9 nitrogen and oxygen atoms in total. The van der Waals surface area contributed by atoms with Gasteiger partial charge in [-0.05, 0) is 43.7 Å². The van der Waals surface area contributed by atoms with E-state index in [1.165, 1.54) is 0 Å². The molecule has 4 aromatic heterocycles. The molecule has 0 bridgehead atoms. The number of H-pyrrole nitrogens is 2. The number of hydrogen-bond donors (Lipinski definition) is 3. The van der Waals surface area contributed by atoms with Crippen LogP contribution >= 0.6 is 0 Å². The van der Waals surface area contributed by atoms with Gasteiger partial charge in [-0.15, -0.1) is 0 Å². The van der Waals surface area contributed by atoms with Gasteiger partial charge in [0.05, 0.1) is 5.69 Å². The smallest absolute Gasteiger partial charge is 0.287 e. The molecule has 0 spiro atoms. The van der Waals surface area contributed by atoms with Crippen LogP contribution in [0.2, 0.25) is 0 Å². The van der Waals surface area contributed by atoms with E-state index in [0.29, 0.717) is 18.3 Å². The van der Waals surface area contributed by atoms with Crippen LogP contribution in [0, 0.1) is 13.8 Å². The van der Waals surface area contributed by atoms with Crippen molar-refractivity contribution in [3.8, 4) is 22.8 Å². The Hall–Kier alpha value is -4.27. The summed E-state index contributed by atoms with van der Waals surface area (Å²) >= 11 is 0. The number of aromatic amines is 2. The van der Waals surface area contributed by atoms with Gasteiger partial charge in [0, 0.05) is 41.1 Å². The molecule has 0 saturated heterocycles. The maximum absolute atomic E-state index is 12.5. The third-order valence-corrected chi connectivity index (χ3v) is 4.93. The summed E-state index contributed by atoms with van der Waals surface area (Å²) in [6.07, 6.45) is 3.41. The molecule has 4 heterocycles. The maximum atomic E-state index is 12.5. The minimum atomic E-state index is -0.269. The van der Waals surface area contributed by atoms with Gasteiger partial charge in [0.25, 0.3) is 11.8 Å². The molecule has 3 N–H and O–H groups in total. The average Bonchev–Trinajstić information content (AvgIpc) is 3.50. The molecular weight excluding hydrogens is 394 g/mol. The maximum Gasteiger partial charge on any atom is 0.287 e. The topological polar surface area (TPSA) is 125 Å². The van der Waals surface area contributed by atoms with Gasteiger partial charge < -0.3 is 19.8 Å². The summed E-state index contributed by atoms with van der Waals surface area (Å²) in [5.74, 6) is 1.03. The van der Waals surface area contributed by atoms with Crippen LogP contribution in [0.3, 0.4) is 0 Å². The third kappa shape index (κ3) is 3.68. The fourth-order valence-corrected chi connectivity index (χ4v) is 3.42. The van der Waals surface area contributed by atoms with Crippen molar-refractivity contribution in [2.24, 2.45) is 0 Å². The number of carbonyl (C=O) groups is 1. The number of nitrogens with zero attached hydrogens (tertiary/aromatic N) is 4. The van der Waals surface area contributed by atoms with Crippen molar-refractivity contribution in [1.82, 2.24) is 35.4 Å². The highest BCUT2D eigenvalue weighted by molar-refractivity contribution is 5.92. The predicted octanol–water partition coefficient (Wildman–Crippen LogP) is 3.55. The molecular formula is C22H19N7O2. The third-order valence-electron chi connectivity index (χ3n) is 4.93. The van der Waals surface area contributed by atoms with Gasteiger partial charge in [0.2, 0.25) is 0 Å². The fraction of sp³-hybridized carbons (Fsp3) is 0.136. The van der Waals surface area contributed by atoms with E-state index in [1.807, 2.05) is 43.3 Å². The van der Waals surface area contributed by atoms with Crippen LogP contribution in [-0.4, -0.2) is 36.0 Å². The van der Waals surface area contributed by atoms with Gasteiger partial charge in [-0.1, -0.05) is 17.3 Å². The lowest BCUT2D eigenvalue weighted by Gasteiger charge is -2.02. The first-order chi connectivity index (χ1) is 15.1. The van der Waals surface area contributed by atoms with Crippen molar-refractivity contribution in [3.63, 3.8) is 0 Å². The number of imidazole rings is 1. The molecule has 0 aliphatic heterocycles. The summed E-state index contributed by atoms with van der Waals surface area (Å²) in [5.41, 5.74) is 5.06. The van der Waals surface area contributed by atoms with Crippen LogP contribution in [0.4, 0.5) is 0 Å². The van der Waals surface area contributed by atoms with Gasteiger partial charge in [-0.25, -0.2) is 4.98 Å². The van der Waals surface area contributed by atoms with E-state index in [4.69, 9.17) is 4.52 Å². The highest BCUT2D eigenvalue weighted by Crippen LogP contribution is 2.28. The van der Waals surface area contributed by atoms with Gasteiger partial charge in [-0.2, -0.15) is 4.98 Å². The second-order valence-electron chi connectivity index (χ2n) is 7.23. The van der Waals surface area contributed by atoms with E-state index < -0.39 is 0 Å². The normalized spacial score (nSPS) is 11.2. The van der Waals surface area contributed by atoms with Crippen molar-refractivity contribution in [2.75, 3.05) is 0 Å². The second kappa shape index (κ2) is 7.52. The van der Waals surface area contributed by atoms with Crippen molar-refractivity contribution in [3.05, 3.63) is 71.7 Å². The highest BCUT2D eigenvalue weighted by atomic mass is 16.5. The van der Waals surface area contributed by atoms with Gasteiger partial charge in [0.15, 0.2) is 11.6 Å². The Labute approximate surface area is 176 Å². The molecule has 0 radical (unpaired) electrons. The van der Waals surface area contributed by atoms with E-state index in [1.54, 1.807) is 19.3 Å². The van der Waals surface area contributed by atoms with E-state index in [0.717, 1.165) is 39.1 Å². The molecule has 0 aliphatic carbocycles. The Morgan fingerprint density at radius 1 is 1.13 bits per heavy atom. The van der Waals surface area contributed by atoms with Gasteiger partial charge >= 0.3 is 0 Å². The molecule has 31 heavy (non-hydrogen) atoms. The molecule has 5 aromatic rings. The van der Waals surface area contributed by atoms with Crippen LogP contribution in [0.25, 0.3) is 33.7 Å². The lowest BCUT2D eigenvalue weighted by Crippen LogP contribution is -2.24. The highest BCUT2D eigenvalue weighted by Gasteiger charge is 2.16. The summed E-state index contributed by atoms with van der Waals surface area (Å²) in [4.78, 5) is 31.7. The number of aromatic nitrogens is 6. The van der Waals surface area contributed by atoms with Crippen LogP contribution in [0.1, 0.15) is 27.7 Å². The number of hydrogen-bond acceptors (Lipinski definition) is 6. The molecule has 0 atom stereocenters. The zero-order valence-corrected chi connectivity index (χ0v) is 16.9. The summed E-state index contributed by atoms with van der Waals surface area (Å²) < 4.78 is 5.24. The lowest BCUT2D eigenvalue weighted by molar-refractivity contribution is 0.0941. The molecule has 9 heteroatoms. The standard InChI is InChI=1S/C22H19N7O2/c1-12-19(28-20(25-12)21(30)24-11-14-4-3-7-23-10-14)15-5-6-17-16(8-15)9-18(27-17)22-26-13(2)29-31-22/h3-10,27H,11H2,1-2H3,(H,24,30)(H,25,28). The number of carbonyl (C=O) groups excluding carboxylic acids is 1. The zero-order chi connectivity index (χ0) is 21.4. The Morgan fingerprint density at radius 3 is 2.81 bits per heavy atom. The van der Waals surface area contributed by atoms with E-state index in [-0.39, 0.29) is 11.7 Å². The monoisotopic (exact) mass is 413 g/mol. The number of benzene rings is 1. The number of amides is 1. The van der Waals surface area contributed by atoms with Gasteiger partial charge in [0.1, 0.15) is 5.69 Å². The predicted molar refractivity (Wildman–Crippen MR) is 114 cm³/mol. The first-order valence-electron chi connectivity index (χ1n) is 9.74. The van der Waals surface area contributed by atoms with Crippen molar-refractivity contribution >= 4 is 16.8 Å². The SMILES string of the molecule is Cc1noc(-c2cc3cc(-c4nc(C(=O)NCc5cccnc5)[nH]c4C)ccc3[nH]2)n1. The van der Waals surface area contributed by atoms with Crippen LogP contribution in [-0.2, 0) is 6.54 Å². The second-order valence-corrected chi connectivity index (χ2v) is 7.23. The van der Waals surface area contributed by atoms with E-state index in [9.17, 15) is 4.79 Å². The van der Waals surface area contributed by atoms with Crippen molar-refractivity contribution < 1.29 is 9.32 Å². The summed E-state index contributed by atoms with van der Waals surface area (Å²) in [6, 6.07) is 11.6. The molecule has 5 rings (SSSR count). The quantitative estimate of drug-likeness (QED) is 0.405. The number of fused-ring (bicyclic) bond motifs is 1. The Bertz CT molecular complexity index is 1380. The minimum absolute atomic E-state index is 0.269. The largest absolute Gasteiger partial charge is 0.351 e. The first kappa shape index (κ1) is 18.7. The average molecular weight is 413 g/mol. The number of nitrogens with one attached hydrogen (secondary N) is 3. The molecule has 1 amide bonds. The molecule has 1 aromatic carbocycles. The number of pyridine rings is 1. The lowest BCUT2D eigenvalue weighted by atomic mass is 10.1. The number of rotatable bonds is 5. The Balaban J connectivity index is 1.39. The Kier molecular flexibility index (Phi) is 4.55. The fourth-order valence-electron chi connectivity index (χ4n) is 3.42. The Morgan fingerprint density at radius 2 is 2.03 bits per heavy atom. The zero-order valence-electron chi connectivity index (χ0n) is 16.9. The van der Waals surface area contributed by atoms with Crippen LogP contribution in [0.15, 0.2) is 53.3 Å². The van der Waals surface area contributed by atoms with Crippen LogP contribution < -0.4 is 5.32 Å². The van der Waals surface area contributed by atoms with Crippen LogP contribution in [0.5, 0.6) is 0 Å². The van der Waals surface area contributed by atoms with Gasteiger partial charge in [-0.3, -0.25) is 9.78 Å². The molecule has 0 unspecified atom stereocenters. The van der Waals surface area contributed by atoms with E-state index in [2.05, 4.69) is 35.4 Å². The molecule has 154 valence electrons. The summed E-state index contributed by atoms with van der Waals surface area (Å²) in [6.45, 7) is 4.06. The van der Waals surface area contributed by atoms with Crippen molar-refractivity contribution in [2.45, 2.75) is 20.4 Å². The molecule has 0 saturated carbocycles. The summed E-state index contributed by atoms with van der Waals surface area (Å²) in [5, 5.41) is 7.67. The summed E-state index contributed by atoms with van der Waals surface area (Å²) in [7, 11) is 0. The molecule has 0 aliphatic rings. The van der Waals surface area contributed by atoms with E-state index >= 15 is 0 Å². The number of aryl methyl sites for hydroxylation is 2.